The standard InChI is InChI=1S/C6H10OS/c7-3-5-4-1-2-8-6(4)5/h4-7H,1-3H2/t4-,5-,6-/m0/s1. The fourth-order valence-corrected chi connectivity index (χ4v) is 3.32. The van der Waals surface area contributed by atoms with Gasteiger partial charge in [0.15, 0.2) is 0 Å². The first kappa shape index (κ1) is 5.12. The Balaban J connectivity index is 1.94. The lowest BCUT2D eigenvalue weighted by molar-refractivity contribution is 0.268. The summed E-state index contributed by atoms with van der Waals surface area (Å²) in [5.41, 5.74) is 0. The summed E-state index contributed by atoms with van der Waals surface area (Å²) in [6.45, 7) is 0.433. The Bertz CT molecular complexity index is 87.9. The van der Waals surface area contributed by atoms with Crippen LogP contribution in [0.5, 0.6) is 0 Å². The molecule has 1 aliphatic heterocycles. The van der Waals surface area contributed by atoms with Gasteiger partial charge >= 0.3 is 0 Å². The Morgan fingerprint density at radius 1 is 1.62 bits per heavy atom. The summed E-state index contributed by atoms with van der Waals surface area (Å²) in [6, 6.07) is 0. The molecule has 1 saturated carbocycles. The highest BCUT2D eigenvalue weighted by Crippen LogP contribution is 2.55. The lowest BCUT2D eigenvalue weighted by atomic mass is 10.3. The van der Waals surface area contributed by atoms with E-state index < -0.39 is 0 Å². The van der Waals surface area contributed by atoms with Crippen molar-refractivity contribution in [2.24, 2.45) is 11.8 Å². The quantitative estimate of drug-likeness (QED) is 0.564. The minimum absolute atomic E-state index is 0.433. The molecule has 2 aliphatic rings. The van der Waals surface area contributed by atoms with Crippen LogP contribution < -0.4 is 0 Å². The van der Waals surface area contributed by atoms with E-state index in [1.165, 1.54) is 12.2 Å². The Kier molecular flexibility index (Phi) is 1.05. The highest BCUT2D eigenvalue weighted by atomic mass is 32.2. The number of hydrogen-bond acceptors (Lipinski definition) is 2. The molecule has 0 radical (unpaired) electrons. The highest BCUT2D eigenvalue weighted by Gasteiger charge is 2.52. The molecule has 46 valence electrons. The summed E-state index contributed by atoms with van der Waals surface area (Å²) in [4.78, 5) is 0. The third-order valence-corrected chi connectivity index (χ3v) is 3.78. The van der Waals surface area contributed by atoms with E-state index in [-0.39, 0.29) is 0 Å². The molecule has 1 aliphatic carbocycles. The molecule has 0 aromatic heterocycles. The van der Waals surface area contributed by atoms with Gasteiger partial charge in [0.25, 0.3) is 0 Å². The molecule has 2 fully saturated rings. The smallest absolute Gasteiger partial charge is 0.0473 e. The van der Waals surface area contributed by atoms with Crippen LogP contribution in [0.1, 0.15) is 6.42 Å². The van der Waals surface area contributed by atoms with Crippen LogP contribution >= 0.6 is 11.8 Å². The van der Waals surface area contributed by atoms with Crippen molar-refractivity contribution in [2.75, 3.05) is 12.4 Å². The molecule has 3 atom stereocenters. The molecule has 8 heavy (non-hydrogen) atoms. The lowest BCUT2D eigenvalue weighted by Gasteiger charge is -1.94. The van der Waals surface area contributed by atoms with Crippen LogP contribution in [0.3, 0.4) is 0 Å². The number of aliphatic hydroxyl groups is 1. The van der Waals surface area contributed by atoms with Gasteiger partial charge < -0.3 is 5.11 Å². The first-order chi connectivity index (χ1) is 3.93. The van der Waals surface area contributed by atoms with Gasteiger partial charge in [0.1, 0.15) is 0 Å². The zero-order chi connectivity index (χ0) is 5.56. The first-order valence-corrected chi connectivity index (χ1v) is 4.21. The molecule has 0 amide bonds. The first-order valence-electron chi connectivity index (χ1n) is 3.16. The van der Waals surface area contributed by atoms with E-state index in [1.807, 2.05) is 11.8 Å². The number of rotatable bonds is 1. The maximum Gasteiger partial charge on any atom is 0.0473 e. The fourth-order valence-electron chi connectivity index (χ4n) is 1.61. The molecule has 0 unspecified atom stereocenters. The van der Waals surface area contributed by atoms with Crippen molar-refractivity contribution in [1.29, 1.82) is 0 Å². The van der Waals surface area contributed by atoms with Crippen molar-refractivity contribution in [2.45, 2.75) is 11.7 Å². The van der Waals surface area contributed by atoms with E-state index >= 15 is 0 Å². The molecular formula is C6H10OS. The molecule has 1 nitrogen and oxygen atoms in total. The second-order valence-electron chi connectivity index (χ2n) is 2.63. The summed E-state index contributed by atoms with van der Waals surface area (Å²) in [5, 5.41) is 9.56. The molecule has 1 heterocycles. The van der Waals surface area contributed by atoms with Gasteiger partial charge in [-0.2, -0.15) is 11.8 Å². The average molecular weight is 130 g/mol. The van der Waals surface area contributed by atoms with Crippen molar-refractivity contribution in [3.63, 3.8) is 0 Å². The van der Waals surface area contributed by atoms with Crippen LogP contribution in [-0.4, -0.2) is 22.7 Å². The number of hydrogen-bond donors (Lipinski definition) is 1. The van der Waals surface area contributed by atoms with E-state index in [1.54, 1.807) is 0 Å². The Morgan fingerprint density at radius 3 is 2.88 bits per heavy atom. The third-order valence-electron chi connectivity index (χ3n) is 2.23. The minimum Gasteiger partial charge on any atom is -0.396 e. The molecule has 2 heteroatoms. The van der Waals surface area contributed by atoms with Crippen molar-refractivity contribution < 1.29 is 5.11 Å². The SMILES string of the molecule is OC[C@H]1[C@@H]2CCS[C@H]12. The van der Waals surface area contributed by atoms with Crippen molar-refractivity contribution >= 4 is 11.8 Å². The molecular weight excluding hydrogens is 120 g/mol. The van der Waals surface area contributed by atoms with E-state index in [0.29, 0.717) is 12.5 Å². The van der Waals surface area contributed by atoms with Gasteiger partial charge in [-0.1, -0.05) is 0 Å². The molecule has 1 saturated heterocycles. The Labute approximate surface area is 53.5 Å². The van der Waals surface area contributed by atoms with Gasteiger partial charge in [-0.3, -0.25) is 0 Å². The zero-order valence-corrected chi connectivity index (χ0v) is 5.53. The summed E-state index contributed by atoms with van der Waals surface area (Å²) in [6.07, 6.45) is 1.36. The summed E-state index contributed by atoms with van der Waals surface area (Å²) in [5.74, 6) is 2.94. The number of fused-ring (bicyclic) bond motifs is 1. The van der Waals surface area contributed by atoms with Crippen LogP contribution in [0.25, 0.3) is 0 Å². The zero-order valence-electron chi connectivity index (χ0n) is 4.71. The third kappa shape index (κ3) is 0.531. The average Bonchev–Trinajstić information content (AvgIpc) is 2.22. The van der Waals surface area contributed by atoms with Crippen molar-refractivity contribution in [3.8, 4) is 0 Å². The van der Waals surface area contributed by atoms with Crippen LogP contribution in [0, 0.1) is 11.8 Å². The van der Waals surface area contributed by atoms with Crippen LogP contribution in [0.2, 0.25) is 0 Å². The number of thioether (sulfide) groups is 1. The largest absolute Gasteiger partial charge is 0.396 e. The predicted octanol–water partition coefficient (Wildman–Crippen LogP) is 0.730. The van der Waals surface area contributed by atoms with Crippen LogP contribution in [0.15, 0.2) is 0 Å². The monoisotopic (exact) mass is 130 g/mol. The molecule has 1 N–H and O–H groups in total. The maximum absolute atomic E-state index is 8.70. The fraction of sp³-hybridized carbons (Fsp3) is 1.00. The lowest BCUT2D eigenvalue weighted by Crippen LogP contribution is -1.93. The second kappa shape index (κ2) is 1.64. The Morgan fingerprint density at radius 2 is 2.50 bits per heavy atom. The molecule has 0 aromatic rings. The van der Waals surface area contributed by atoms with E-state index in [9.17, 15) is 0 Å². The van der Waals surface area contributed by atoms with Gasteiger partial charge in [0, 0.05) is 11.9 Å². The summed E-state index contributed by atoms with van der Waals surface area (Å²) in [7, 11) is 0. The molecule has 0 bridgehead atoms. The van der Waals surface area contributed by atoms with Gasteiger partial charge in [-0.15, -0.1) is 0 Å². The topological polar surface area (TPSA) is 20.2 Å². The molecule has 2 rings (SSSR count). The van der Waals surface area contributed by atoms with Gasteiger partial charge in [0.2, 0.25) is 0 Å². The second-order valence-corrected chi connectivity index (χ2v) is 3.92. The predicted molar refractivity (Wildman–Crippen MR) is 34.9 cm³/mol. The van der Waals surface area contributed by atoms with E-state index in [4.69, 9.17) is 5.11 Å². The Hall–Kier alpha value is 0.310. The van der Waals surface area contributed by atoms with E-state index in [2.05, 4.69) is 0 Å². The number of aliphatic hydroxyl groups excluding tert-OH is 1. The van der Waals surface area contributed by atoms with Crippen LogP contribution in [0.4, 0.5) is 0 Å². The van der Waals surface area contributed by atoms with Gasteiger partial charge in [-0.25, -0.2) is 0 Å². The maximum atomic E-state index is 8.70. The van der Waals surface area contributed by atoms with E-state index in [0.717, 1.165) is 11.2 Å². The van der Waals surface area contributed by atoms with Gasteiger partial charge in [-0.05, 0) is 24.0 Å². The normalized spacial score (nSPS) is 51.4. The molecule has 0 aromatic carbocycles. The minimum atomic E-state index is 0.433. The van der Waals surface area contributed by atoms with Crippen molar-refractivity contribution in [1.82, 2.24) is 0 Å². The highest BCUT2D eigenvalue weighted by molar-refractivity contribution is 8.00. The summed E-state index contributed by atoms with van der Waals surface area (Å²) >= 11 is 2.04. The van der Waals surface area contributed by atoms with Crippen molar-refractivity contribution in [3.05, 3.63) is 0 Å². The summed E-state index contributed by atoms with van der Waals surface area (Å²) < 4.78 is 0. The molecule has 0 spiro atoms. The van der Waals surface area contributed by atoms with Gasteiger partial charge in [0.05, 0.1) is 0 Å². The van der Waals surface area contributed by atoms with Crippen LogP contribution in [-0.2, 0) is 0 Å².